The summed E-state index contributed by atoms with van der Waals surface area (Å²) in [7, 11) is 1.95. The number of thioether (sulfide) groups is 1. The quantitative estimate of drug-likeness (QED) is 0.486. The third-order valence-electron chi connectivity index (χ3n) is 1.65. The molecule has 0 fully saturated rings. The second-order valence-corrected chi connectivity index (χ2v) is 3.21. The molecule has 2 aliphatic heterocycles. The fourth-order valence-corrected chi connectivity index (χ4v) is 1.78. The lowest BCUT2D eigenvalue weighted by atomic mass is 10.4. The van der Waals surface area contributed by atoms with Crippen LogP contribution in [-0.4, -0.2) is 25.8 Å². The zero-order valence-corrected chi connectivity index (χ0v) is 7.67. The van der Waals surface area contributed by atoms with Gasteiger partial charge in [0.15, 0.2) is 5.82 Å². The number of imidazole rings is 1. The summed E-state index contributed by atoms with van der Waals surface area (Å²) in [5, 5.41) is 1.09. The van der Waals surface area contributed by atoms with Crippen LogP contribution in [0.2, 0.25) is 0 Å². The highest BCUT2D eigenvalue weighted by molar-refractivity contribution is 7.98. The Morgan fingerprint density at radius 2 is 2.17 bits per heavy atom. The van der Waals surface area contributed by atoms with Crippen LogP contribution in [0.1, 0.15) is 0 Å². The first kappa shape index (κ1) is 7.54. The molecule has 5 heteroatoms. The molecule has 0 atom stereocenters. The Bertz CT molecular complexity index is 370. The molecular formula is C7H8N4S. The zero-order chi connectivity index (χ0) is 8.55. The Morgan fingerprint density at radius 1 is 1.33 bits per heavy atom. The average Bonchev–Trinajstić information content (AvgIpc) is 2.52. The normalized spacial score (nSPS) is 10.8. The van der Waals surface area contributed by atoms with E-state index in [1.807, 2.05) is 17.9 Å². The lowest BCUT2D eigenvalue weighted by Gasteiger charge is -2.07. The Hall–Kier alpha value is -1.10. The molecule has 2 heterocycles. The number of hydrogen-bond acceptors (Lipinski definition) is 4. The van der Waals surface area contributed by atoms with Gasteiger partial charge in [0.25, 0.3) is 0 Å². The number of hydrogen-bond donors (Lipinski definition) is 0. The highest BCUT2D eigenvalue weighted by Crippen LogP contribution is 2.25. The van der Waals surface area contributed by atoms with Gasteiger partial charge < -0.3 is 4.57 Å². The predicted molar refractivity (Wildman–Crippen MR) is 47.2 cm³/mol. The highest BCUT2D eigenvalue weighted by atomic mass is 32.2. The van der Waals surface area contributed by atoms with E-state index in [2.05, 4.69) is 15.0 Å². The van der Waals surface area contributed by atoms with Gasteiger partial charge in [0, 0.05) is 7.05 Å². The molecule has 0 saturated heterocycles. The van der Waals surface area contributed by atoms with E-state index in [9.17, 15) is 0 Å². The molecule has 0 amide bonds. The molecular weight excluding hydrogens is 172 g/mol. The number of fused-ring (bicyclic) bond motifs is 1. The van der Waals surface area contributed by atoms with Crippen LogP contribution < -0.4 is 0 Å². The van der Waals surface area contributed by atoms with E-state index in [4.69, 9.17) is 0 Å². The zero-order valence-electron chi connectivity index (χ0n) is 6.85. The fourth-order valence-electron chi connectivity index (χ4n) is 1.11. The molecule has 4 nitrogen and oxygen atoms in total. The molecule has 0 spiro atoms. The van der Waals surface area contributed by atoms with E-state index in [1.54, 1.807) is 18.1 Å². The van der Waals surface area contributed by atoms with Crippen LogP contribution in [0.25, 0.3) is 11.5 Å². The first-order chi connectivity index (χ1) is 5.83. The maximum Gasteiger partial charge on any atom is 0.183 e. The first-order valence-corrected chi connectivity index (χ1v) is 4.71. The number of aryl methyl sites for hydroxylation is 1. The van der Waals surface area contributed by atoms with Crippen LogP contribution >= 0.6 is 11.8 Å². The molecule has 0 radical (unpaired) electrons. The second-order valence-electron chi connectivity index (χ2n) is 2.41. The molecule has 0 N–H and O–H groups in total. The minimum Gasteiger partial charge on any atom is -0.328 e. The van der Waals surface area contributed by atoms with E-state index < -0.39 is 0 Å². The Balaban J connectivity index is 2.73. The summed E-state index contributed by atoms with van der Waals surface area (Å²) in [5.74, 6) is 0.720. The van der Waals surface area contributed by atoms with Crippen LogP contribution in [0, 0.1) is 0 Å². The second kappa shape index (κ2) is 2.75. The summed E-state index contributed by atoms with van der Waals surface area (Å²) in [6.07, 6.45) is 5.31. The predicted octanol–water partition coefficient (Wildman–Crippen LogP) is 1.04. The summed E-state index contributed by atoms with van der Waals surface area (Å²) < 4.78 is 1.95. The number of aromatic nitrogens is 4. The average molecular weight is 180 g/mol. The van der Waals surface area contributed by atoms with Gasteiger partial charge in [0.2, 0.25) is 0 Å². The van der Waals surface area contributed by atoms with Crippen molar-refractivity contribution in [3.8, 4) is 11.5 Å². The van der Waals surface area contributed by atoms with Crippen molar-refractivity contribution < 1.29 is 0 Å². The molecule has 0 saturated carbocycles. The Morgan fingerprint density at radius 3 is 2.92 bits per heavy atom. The Labute approximate surface area is 74.4 Å². The van der Waals surface area contributed by atoms with Gasteiger partial charge in [-0.05, 0) is 6.26 Å². The molecule has 2 rings (SSSR count). The summed E-state index contributed by atoms with van der Waals surface area (Å²) in [6.45, 7) is 0. The van der Waals surface area contributed by atoms with Gasteiger partial charge in [-0.3, -0.25) is 0 Å². The van der Waals surface area contributed by atoms with E-state index in [1.165, 1.54) is 6.33 Å². The van der Waals surface area contributed by atoms with Crippen molar-refractivity contribution in [2.24, 2.45) is 7.05 Å². The first-order valence-electron chi connectivity index (χ1n) is 3.49. The molecule has 0 aromatic heterocycles. The van der Waals surface area contributed by atoms with Gasteiger partial charge in [-0.2, -0.15) is 0 Å². The largest absolute Gasteiger partial charge is 0.328 e. The van der Waals surface area contributed by atoms with Gasteiger partial charge in [0.05, 0.1) is 6.33 Å². The van der Waals surface area contributed by atoms with Crippen LogP contribution in [0.15, 0.2) is 17.7 Å². The Kier molecular flexibility index (Phi) is 1.73. The van der Waals surface area contributed by atoms with Crippen molar-refractivity contribution in [2.45, 2.75) is 5.03 Å². The summed E-state index contributed by atoms with van der Waals surface area (Å²) >= 11 is 1.65. The third kappa shape index (κ3) is 0.972. The van der Waals surface area contributed by atoms with Crippen molar-refractivity contribution in [1.29, 1.82) is 0 Å². The van der Waals surface area contributed by atoms with Crippen LogP contribution in [0.3, 0.4) is 0 Å². The SMILES string of the molecule is CSc1c2ncnc-2ncn1C. The molecule has 2 aliphatic rings. The lowest BCUT2D eigenvalue weighted by Crippen LogP contribution is -2.00. The molecule has 0 aliphatic carbocycles. The van der Waals surface area contributed by atoms with E-state index >= 15 is 0 Å². The summed E-state index contributed by atoms with van der Waals surface area (Å²) in [5.41, 5.74) is 0.882. The summed E-state index contributed by atoms with van der Waals surface area (Å²) in [6, 6.07) is 0. The third-order valence-corrected chi connectivity index (χ3v) is 2.52. The fraction of sp³-hybridized carbons (Fsp3) is 0.286. The van der Waals surface area contributed by atoms with E-state index in [-0.39, 0.29) is 0 Å². The molecule has 0 unspecified atom stereocenters. The van der Waals surface area contributed by atoms with E-state index in [0.29, 0.717) is 0 Å². The minimum atomic E-state index is 0.720. The monoisotopic (exact) mass is 180 g/mol. The lowest BCUT2D eigenvalue weighted by molar-refractivity contribution is 0.766. The van der Waals surface area contributed by atoms with Crippen molar-refractivity contribution in [1.82, 2.24) is 19.5 Å². The molecule has 0 aromatic rings. The van der Waals surface area contributed by atoms with Crippen LogP contribution in [0.4, 0.5) is 0 Å². The van der Waals surface area contributed by atoms with Crippen molar-refractivity contribution in [3.63, 3.8) is 0 Å². The van der Waals surface area contributed by atoms with Gasteiger partial charge in [0.1, 0.15) is 17.0 Å². The molecule has 62 valence electrons. The standard InChI is InChI=1S/C7H8N4S/c1-11-4-10-6-5(7(11)12-2)8-3-9-6/h3-4H,1-2H3. The minimum absolute atomic E-state index is 0.720. The maximum atomic E-state index is 4.14. The molecule has 12 heavy (non-hydrogen) atoms. The number of rotatable bonds is 1. The topological polar surface area (TPSA) is 43.6 Å². The number of nitrogens with zero attached hydrogens (tertiary/aromatic N) is 4. The van der Waals surface area contributed by atoms with Crippen LogP contribution in [0.5, 0.6) is 0 Å². The van der Waals surface area contributed by atoms with Crippen molar-refractivity contribution in [3.05, 3.63) is 12.7 Å². The smallest absolute Gasteiger partial charge is 0.183 e. The summed E-state index contributed by atoms with van der Waals surface area (Å²) in [4.78, 5) is 12.3. The van der Waals surface area contributed by atoms with Crippen LogP contribution in [-0.2, 0) is 7.05 Å². The maximum absolute atomic E-state index is 4.14. The molecule has 0 aromatic carbocycles. The van der Waals surface area contributed by atoms with Crippen molar-refractivity contribution in [2.75, 3.05) is 6.26 Å². The highest BCUT2D eigenvalue weighted by Gasteiger charge is 2.13. The van der Waals surface area contributed by atoms with Gasteiger partial charge in [-0.25, -0.2) is 15.0 Å². The van der Waals surface area contributed by atoms with Crippen molar-refractivity contribution >= 4 is 11.8 Å². The van der Waals surface area contributed by atoms with Gasteiger partial charge in [-0.15, -0.1) is 11.8 Å². The molecule has 0 bridgehead atoms. The van der Waals surface area contributed by atoms with E-state index in [0.717, 1.165) is 16.5 Å². The van der Waals surface area contributed by atoms with Gasteiger partial charge >= 0.3 is 0 Å². The van der Waals surface area contributed by atoms with Gasteiger partial charge in [-0.1, -0.05) is 0 Å².